The number of rotatable bonds is 6. The molecule has 0 aliphatic rings. The molecule has 1 rings (SSSR count). The first-order valence-electron chi connectivity index (χ1n) is 7.27. The summed E-state index contributed by atoms with van der Waals surface area (Å²) in [6.07, 6.45) is 1.57. The average Bonchev–Trinajstić information content (AvgIpc) is 2.41. The minimum Gasteiger partial charge on any atom is -0.497 e. The molecule has 1 amide bonds. The lowest BCUT2D eigenvalue weighted by molar-refractivity contribution is 0.0521. The number of nitrogens with one attached hydrogen (secondary N) is 1. The van der Waals surface area contributed by atoms with Gasteiger partial charge in [0, 0.05) is 6.54 Å². The largest absolute Gasteiger partial charge is 0.497 e. The van der Waals surface area contributed by atoms with E-state index in [0.29, 0.717) is 0 Å². The SMILES string of the molecule is CCCCN(NC(=O)OC(C)(C)C)c1ccc(OC)cc1. The van der Waals surface area contributed by atoms with Gasteiger partial charge in [-0.1, -0.05) is 13.3 Å². The molecule has 0 saturated heterocycles. The number of nitrogens with zero attached hydrogens (tertiary/aromatic N) is 1. The van der Waals surface area contributed by atoms with Gasteiger partial charge in [-0.15, -0.1) is 0 Å². The van der Waals surface area contributed by atoms with Gasteiger partial charge >= 0.3 is 6.09 Å². The summed E-state index contributed by atoms with van der Waals surface area (Å²) < 4.78 is 10.4. The molecule has 1 aromatic rings. The number of amides is 1. The summed E-state index contributed by atoms with van der Waals surface area (Å²) in [5, 5.41) is 1.80. The Morgan fingerprint density at radius 3 is 2.33 bits per heavy atom. The maximum absolute atomic E-state index is 11.9. The van der Waals surface area contributed by atoms with Crippen molar-refractivity contribution >= 4 is 11.8 Å². The molecule has 5 nitrogen and oxygen atoms in total. The fraction of sp³-hybridized carbons (Fsp3) is 0.562. The molecule has 0 saturated carbocycles. The predicted octanol–water partition coefficient (Wildman–Crippen LogP) is 3.74. The first kappa shape index (κ1) is 17.1. The highest BCUT2D eigenvalue weighted by molar-refractivity contribution is 5.70. The molecule has 1 N–H and O–H groups in total. The topological polar surface area (TPSA) is 50.8 Å². The van der Waals surface area contributed by atoms with Crippen molar-refractivity contribution in [3.05, 3.63) is 24.3 Å². The van der Waals surface area contributed by atoms with Crippen molar-refractivity contribution in [2.75, 3.05) is 18.7 Å². The number of unbranched alkanes of at least 4 members (excludes halogenated alkanes) is 1. The fourth-order valence-electron chi connectivity index (χ4n) is 1.74. The van der Waals surface area contributed by atoms with E-state index in [0.717, 1.165) is 30.8 Å². The van der Waals surface area contributed by atoms with Crippen LogP contribution in [0.15, 0.2) is 24.3 Å². The molecule has 21 heavy (non-hydrogen) atoms. The molecule has 0 heterocycles. The van der Waals surface area contributed by atoms with Crippen LogP contribution in [0.4, 0.5) is 10.5 Å². The molecule has 5 heteroatoms. The van der Waals surface area contributed by atoms with Crippen LogP contribution in [0.5, 0.6) is 5.75 Å². The summed E-state index contributed by atoms with van der Waals surface area (Å²) in [5.41, 5.74) is 3.18. The third-order valence-electron chi connectivity index (χ3n) is 2.74. The Morgan fingerprint density at radius 2 is 1.86 bits per heavy atom. The van der Waals surface area contributed by atoms with Gasteiger partial charge in [0.25, 0.3) is 0 Å². The zero-order valence-corrected chi connectivity index (χ0v) is 13.6. The molecule has 0 atom stereocenters. The second-order valence-corrected chi connectivity index (χ2v) is 5.82. The van der Waals surface area contributed by atoms with E-state index in [-0.39, 0.29) is 0 Å². The number of hydrogen-bond donors (Lipinski definition) is 1. The maximum Gasteiger partial charge on any atom is 0.426 e. The van der Waals surface area contributed by atoms with Crippen molar-refractivity contribution in [3.8, 4) is 5.75 Å². The predicted molar refractivity (Wildman–Crippen MR) is 84.6 cm³/mol. The number of ether oxygens (including phenoxy) is 2. The van der Waals surface area contributed by atoms with Gasteiger partial charge in [-0.25, -0.2) is 10.2 Å². The standard InChI is InChI=1S/C16H26N2O3/c1-6-7-12-18(17-15(19)21-16(2,3)4)13-8-10-14(20-5)11-9-13/h8-11H,6-7,12H2,1-5H3,(H,17,19). The summed E-state index contributed by atoms with van der Waals surface area (Å²) in [6.45, 7) is 8.37. The van der Waals surface area contributed by atoms with Crippen LogP contribution in [-0.4, -0.2) is 25.3 Å². The number of hydrogen-bond acceptors (Lipinski definition) is 4. The van der Waals surface area contributed by atoms with Gasteiger partial charge in [-0.05, 0) is 51.5 Å². The minimum absolute atomic E-state index is 0.450. The van der Waals surface area contributed by atoms with Crippen LogP contribution in [0, 0.1) is 0 Å². The quantitative estimate of drug-likeness (QED) is 0.812. The third kappa shape index (κ3) is 6.38. The molecule has 0 unspecified atom stereocenters. The van der Waals surface area contributed by atoms with Crippen molar-refractivity contribution in [1.82, 2.24) is 5.43 Å². The van der Waals surface area contributed by atoms with Crippen LogP contribution in [0.2, 0.25) is 0 Å². The zero-order valence-electron chi connectivity index (χ0n) is 13.6. The molecule has 0 aliphatic carbocycles. The lowest BCUT2D eigenvalue weighted by Crippen LogP contribution is -2.45. The van der Waals surface area contributed by atoms with Crippen LogP contribution < -0.4 is 15.2 Å². The van der Waals surface area contributed by atoms with Crippen LogP contribution in [-0.2, 0) is 4.74 Å². The number of methoxy groups -OCH3 is 1. The number of carbonyl (C=O) groups is 1. The Hall–Kier alpha value is -1.91. The van der Waals surface area contributed by atoms with E-state index < -0.39 is 11.7 Å². The molecule has 1 aromatic carbocycles. The summed E-state index contributed by atoms with van der Waals surface area (Å²) >= 11 is 0. The van der Waals surface area contributed by atoms with Gasteiger partial charge in [-0.2, -0.15) is 0 Å². The molecule has 118 valence electrons. The van der Waals surface area contributed by atoms with Crippen molar-refractivity contribution in [1.29, 1.82) is 0 Å². The molecule has 0 bridgehead atoms. The van der Waals surface area contributed by atoms with Gasteiger partial charge in [0.2, 0.25) is 0 Å². The summed E-state index contributed by atoms with van der Waals surface area (Å²) in [5.74, 6) is 0.784. The highest BCUT2D eigenvalue weighted by Crippen LogP contribution is 2.19. The summed E-state index contributed by atoms with van der Waals surface area (Å²) in [4.78, 5) is 11.9. The van der Waals surface area contributed by atoms with E-state index >= 15 is 0 Å². The van der Waals surface area contributed by atoms with Crippen LogP contribution >= 0.6 is 0 Å². The van der Waals surface area contributed by atoms with E-state index in [1.807, 2.05) is 45.0 Å². The normalized spacial score (nSPS) is 10.9. The first-order valence-corrected chi connectivity index (χ1v) is 7.27. The van der Waals surface area contributed by atoms with Crippen molar-refractivity contribution in [3.63, 3.8) is 0 Å². The smallest absolute Gasteiger partial charge is 0.426 e. The van der Waals surface area contributed by atoms with Crippen LogP contribution in [0.1, 0.15) is 40.5 Å². The fourth-order valence-corrected chi connectivity index (χ4v) is 1.74. The number of benzene rings is 1. The molecular formula is C16H26N2O3. The second-order valence-electron chi connectivity index (χ2n) is 5.82. The van der Waals surface area contributed by atoms with E-state index in [4.69, 9.17) is 9.47 Å². The van der Waals surface area contributed by atoms with Gasteiger partial charge in [0.1, 0.15) is 11.4 Å². The third-order valence-corrected chi connectivity index (χ3v) is 2.74. The Labute approximate surface area is 127 Å². The first-order chi connectivity index (χ1) is 9.85. The zero-order chi connectivity index (χ0) is 15.9. The summed E-state index contributed by atoms with van der Waals surface area (Å²) in [7, 11) is 1.63. The highest BCUT2D eigenvalue weighted by atomic mass is 16.6. The minimum atomic E-state index is -0.513. The van der Waals surface area contributed by atoms with Gasteiger partial charge in [-0.3, -0.25) is 5.01 Å². The molecule has 0 aliphatic heterocycles. The van der Waals surface area contributed by atoms with Crippen LogP contribution in [0.3, 0.4) is 0 Å². The van der Waals surface area contributed by atoms with Crippen molar-refractivity contribution < 1.29 is 14.3 Å². The lowest BCUT2D eigenvalue weighted by Gasteiger charge is -2.27. The van der Waals surface area contributed by atoms with Gasteiger partial charge < -0.3 is 9.47 Å². The van der Waals surface area contributed by atoms with Crippen molar-refractivity contribution in [2.45, 2.75) is 46.1 Å². The molecule has 0 spiro atoms. The Morgan fingerprint density at radius 1 is 1.24 bits per heavy atom. The molecule has 0 fully saturated rings. The van der Waals surface area contributed by atoms with Crippen LogP contribution in [0.25, 0.3) is 0 Å². The number of anilines is 1. The van der Waals surface area contributed by atoms with Crippen molar-refractivity contribution in [2.24, 2.45) is 0 Å². The number of carbonyl (C=O) groups excluding carboxylic acids is 1. The number of hydrazine groups is 1. The molecule has 0 aromatic heterocycles. The maximum atomic E-state index is 11.9. The lowest BCUT2D eigenvalue weighted by atomic mass is 10.2. The van der Waals surface area contributed by atoms with E-state index in [1.54, 1.807) is 12.1 Å². The summed E-state index contributed by atoms with van der Waals surface area (Å²) in [6, 6.07) is 7.55. The van der Waals surface area contributed by atoms with E-state index in [9.17, 15) is 4.79 Å². The van der Waals surface area contributed by atoms with E-state index in [1.165, 1.54) is 0 Å². The molecule has 0 radical (unpaired) electrons. The monoisotopic (exact) mass is 294 g/mol. The highest BCUT2D eigenvalue weighted by Gasteiger charge is 2.18. The van der Waals surface area contributed by atoms with E-state index in [2.05, 4.69) is 12.3 Å². The Bertz CT molecular complexity index is 438. The van der Waals surface area contributed by atoms with Gasteiger partial charge in [0.05, 0.1) is 12.8 Å². The second kappa shape index (κ2) is 7.76. The molecular weight excluding hydrogens is 268 g/mol. The Kier molecular flexibility index (Phi) is 6.34. The van der Waals surface area contributed by atoms with Gasteiger partial charge in [0.15, 0.2) is 0 Å². The Balaban J connectivity index is 2.76. The average molecular weight is 294 g/mol.